The number of carbonyl (C=O) groups is 2. The van der Waals surface area contributed by atoms with Gasteiger partial charge in [-0.15, -0.1) is 0 Å². The van der Waals surface area contributed by atoms with Crippen molar-refractivity contribution in [2.75, 3.05) is 11.9 Å². The van der Waals surface area contributed by atoms with Gasteiger partial charge in [-0.1, -0.05) is 24.3 Å². The Bertz CT molecular complexity index is 851. The molecule has 0 spiro atoms. The maximum absolute atomic E-state index is 12.0. The number of imidazole rings is 1. The first-order valence-electron chi connectivity index (χ1n) is 8.17. The molecule has 0 fully saturated rings. The van der Waals surface area contributed by atoms with Crippen molar-refractivity contribution < 1.29 is 9.59 Å². The van der Waals surface area contributed by atoms with Crippen molar-refractivity contribution in [2.24, 2.45) is 0 Å². The lowest BCUT2D eigenvalue weighted by Gasteiger charge is -2.06. The van der Waals surface area contributed by atoms with E-state index in [-0.39, 0.29) is 11.8 Å². The molecule has 0 saturated heterocycles. The topological polar surface area (TPSA) is 86.9 Å². The molecule has 1 heterocycles. The summed E-state index contributed by atoms with van der Waals surface area (Å²) >= 11 is 0. The highest BCUT2D eigenvalue weighted by molar-refractivity contribution is 5.88. The highest BCUT2D eigenvalue weighted by atomic mass is 16.2. The molecule has 3 N–H and O–H groups in total. The van der Waals surface area contributed by atoms with Gasteiger partial charge in [0.25, 0.3) is 0 Å². The third kappa shape index (κ3) is 4.67. The Morgan fingerprint density at radius 1 is 1.08 bits per heavy atom. The van der Waals surface area contributed by atoms with E-state index in [4.69, 9.17) is 0 Å². The van der Waals surface area contributed by atoms with Gasteiger partial charge in [0.2, 0.25) is 11.8 Å². The third-order valence-corrected chi connectivity index (χ3v) is 3.76. The van der Waals surface area contributed by atoms with Crippen LogP contribution in [0.5, 0.6) is 0 Å². The Kier molecular flexibility index (Phi) is 5.09. The van der Waals surface area contributed by atoms with Crippen molar-refractivity contribution in [1.82, 2.24) is 15.3 Å². The molecule has 2 aromatic carbocycles. The molecule has 0 aliphatic rings. The Labute approximate surface area is 145 Å². The van der Waals surface area contributed by atoms with Crippen LogP contribution in [-0.2, 0) is 22.4 Å². The van der Waals surface area contributed by atoms with Crippen LogP contribution in [0.1, 0.15) is 18.3 Å². The number of nitrogens with zero attached hydrogens (tertiary/aromatic N) is 1. The number of anilines is 1. The Hall–Kier alpha value is -3.15. The summed E-state index contributed by atoms with van der Waals surface area (Å²) in [5, 5.41) is 5.60. The largest absolute Gasteiger partial charge is 0.355 e. The third-order valence-electron chi connectivity index (χ3n) is 3.76. The lowest BCUT2D eigenvalue weighted by atomic mass is 10.1. The number of amides is 2. The maximum Gasteiger partial charge on any atom is 0.224 e. The first-order valence-corrected chi connectivity index (χ1v) is 8.17. The van der Waals surface area contributed by atoms with Gasteiger partial charge >= 0.3 is 0 Å². The zero-order chi connectivity index (χ0) is 17.6. The number of aromatic nitrogens is 2. The minimum absolute atomic E-state index is 0.0385. The predicted molar refractivity (Wildman–Crippen MR) is 97.3 cm³/mol. The summed E-state index contributed by atoms with van der Waals surface area (Å²) in [6, 6.07) is 15.1. The van der Waals surface area contributed by atoms with E-state index in [2.05, 4.69) is 20.6 Å². The van der Waals surface area contributed by atoms with Gasteiger partial charge in [-0.25, -0.2) is 4.98 Å². The SMILES string of the molecule is CC(=O)Nc1ccc(CC(=O)NCCc2nc3ccccc3[nH]2)cc1. The molecular formula is C19H20N4O2. The summed E-state index contributed by atoms with van der Waals surface area (Å²) in [7, 11) is 0. The second-order valence-corrected chi connectivity index (χ2v) is 5.86. The first kappa shape index (κ1) is 16.7. The number of rotatable bonds is 6. The monoisotopic (exact) mass is 336 g/mol. The van der Waals surface area contributed by atoms with Crippen LogP contribution in [0.3, 0.4) is 0 Å². The molecule has 3 aromatic rings. The van der Waals surface area contributed by atoms with E-state index in [1.807, 2.05) is 36.4 Å². The van der Waals surface area contributed by atoms with E-state index in [9.17, 15) is 9.59 Å². The van der Waals surface area contributed by atoms with E-state index in [1.54, 1.807) is 12.1 Å². The van der Waals surface area contributed by atoms with E-state index in [1.165, 1.54) is 6.92 Å². The van der Waals surface area contributed by atoms with Crippen LogP contribution in [0.2, 0.25) is 0 Å². The fourth-order valence-electron chi connectivity index (χ4n) is 2.60. The van der Waals surface area contributed by atoms with E-state index >= 15 is 0 Å². The maximum atomic E-state index is 12.0. The van der Waals surface area contributed by atoms with Gasteiger partial charge in [0.05, 0.1) is 17.5 Å². The molecule has 0 aliphatic heterocycles. The lowest BCUT2D eigenvalue weighted by molar-refractivity contribution is -0.120. The minimum Gasteiger partial charge on any atom is -0.355 e. The summed E-state index contributed by atoms with van der Waals surface area (Å²) in [6.07, 6.45) is 0.961. The molecule has 2 amide bonds. The molecular weight excluding hydrogens is 316 g/mol. The van der Waals surface area contributed by atoms with Crippen LogP contribution in [0, 0.1) is 0 Å². The molecule has 0 bridgehead atoms. The number of carbonyl (C=O) groups excluding carboxylic acids is 2. The fraction of sp³-hybridized carbons (Fsp3) is 0.211. The fourth-order valence-corrected chi connectivity index (χ4v) is 2.60. The zero-order valence-corrected chi connectivity index (χ0v) is 14.0. The van der Waals surface area contributed by atoms with Crippen LogP contribution in [0.15, 0.2) is 48.5 Å². The highest BCUT2D eigenvalue weighted by Crippen LogP contribution is 2.11. The van der Waals surface area contributed by atoms with E-state index < -0.39 is 0 Å². The molecule has 6 nitrogen and oxygen atoms in total. The van der Waals surface area contributed by atoms with Crippen LogP contribution >= 0.6 is 0 Å². The summed E-state index contributed by atoms with van der Waals surface area (Å²) in [6.45, 7) is 1.99. The minimum atomic E-state index is -0.115. The van der Waals surface area contributed by atoms with Gasteiger partial charge in [0.15, 0.2) is 0 Å². The smallest absolute Gasteiger partial charge is 0.224 e. The number of fused-ring (bicyclic) bond motifs is 1. The molecule has 25 heavy (non-hydrogen) atoms. The normalized spacial score (nSPS) is 10.6. The Morgan fingerprint density at radius 2 is 1.84 bits per heavy atom. The van der Waals surface area contributed by atoms with Crippen molar-refractivity contribution in [3.05, 3.63) is 59.9 Å². The molecule has 6 heteroatoms. The van der Waals surface area contributed by atoms with Crippen LogP contribution in [0.4, 0.5) is 5.69 Å². The van der Waals surface area contributed by atoms with Gasteiger partial charge in [-0.05, 0) is 29.8 Å². The Morgan fingerprint density at radius 3 is 2.56 bits per heavy atom. The molecule has 128 valence electrons. The average molecular weight is 336 g/mol. The van der Waals surface area contributed by atoms with Crippen LogP contribution < -0.4 is 10.6 Å². The molecule has 0 saturated carbocycles. The van der Waals surface area contributed by atoms with Crippen molar-refractivity contribution in [1.29, 1.82) is 0 Å². The molecule has 0 aliphatic carbocycles. The predicted octanol–water partition coefficient (Wildman–Crippen LogP) is 2.42. The van der Waals surface area contributed by atoms with Crippen molar-refractivity contribution in [3.8, 4) is 0 Å². The standard InChI is InChI=1S/C19H20N4O2/c1-13(24)21-15-8-6-14(7-9-15)12-19(25)20-11-10-18-22-16-4-2-3-5-17(16)23-18/h2-9H,10-12H2,1H3,(H,20,25)(H,21,24)(H,22,23). The molecule has 3 rings (SSSR count). The first-order chi connectivity index (χ1) is 12.1. The summed E-state index contributed by atoms with van der Waals surface area (Å²) in [5.41, 5.74) is 3.56. The quantitative estimate of drug-likeness (QED) is 0.646. The molecule has 0 radical (unpaired) electrons. The molecule has 1 aromatic heterocycles. The number of hydrogen-bond donors (Lipinski definition) is 3. The van der Waals surface area contributed by atoms with Gasteiger partial charge < -0.3 is 15.6 Å². The number of benzene rings is 2. The highest BCUT2D eigenvalue weighted by Gasteiger charge is 2.06. The number of H-pyrrole nitrogens is 1. The van der Waals surface area contributed by atoms with Gasteiger partial charge in [0.1, 0.15) is 5.82 Å². The average Bonchev–Trinajstić information content (AvgIpc) is 2.99. The summed E-state index contributed by atoms with van der Waals surface area (Å²) < 4.78 is 0. The summed E-state index contributed by atoms with van der Waals surface area (Å²) in [5.74, 6) is 0.709. The lowest BCUT2D eigenvalue weighted by Crippen LogP contribution is -2.27. The summed E-state index contributed by atoms with van der Waals surface area (Å²) in [4.78, 5) is 30.7. The van der Waals surface area contributed by atoms with E-state index in [0.29, 0.717) is 19.4 Å². The molecule has 0 unspecified atom stereocenters. The second-order valence-electron chi connectivity index (χ2n) is 5.86. The number of aromatic amines is 1. The van der Waals surface area contributed by atoms with Gasteiger partial charge in [0, 0.05) is 25.6 Å². The van der Waals surface area contributed by atoms with Gasteiger partial charge in [-0.3, -0.25) is 9.59 Å². The second kappa shape index (κ2) is 7.61. The number of nitrogens with one attached hydrogen (secondary N) is 3. The van der Waals surface area contributed by atoms with Crippen LogP contribution in [0.25, 0.3) is 11.0 Å². The van der Waals surface area contributed by atoms with Gasteiger partial charge in [-0.2, -0.15) is 0 Å². The Balaban J connectivity index is 1.46. The zero-order valence-electron chi connectivity index (χ0n) is 14.0. The van der Waals surface area contributed by atoms with Crippen LogP contribution in [-0.4, -0.2) is 28.3 Å². The van der Waals surface area contributed by atoms with Crippen molar-refractivity contribution >= 4 is 28.5 Å². The van der Waals surface area contributed by atoms with Crippen molar-refractivity contribution in [3.63, 3.8) is 0 Å². The number of hydrogen-bond acceptors (Lipinski definition) is 3. The van der Waals surface area contributed by atoms with E-state index in [0.717, 1.165) is 28.1 Å². The molecule has 0 atom stereocenters. The number of para-hydroxylation sites is 2. The van der Waals surface area contributed by atoms with Crippen molar-refractivity contribution in [2.45, 2.75) is 19.8 Å².